The maximum Gasteiger partial charge on any atom is 0.239 e. The number of hydrogen-bond donors (Lipinski definition) is 2. The lowest BCUT2D eigenvalue weighted by Gasteiger charge is -2.39. The third kappa shape index (κ3) is 6.58. The number of ether oxygens (including phenoxy) is 1. The van der Waals surface area contributed by atoms with Crippen LogP contribution in [0.1, 0.15) is 25.3 Å². The standard InChI is InChI=1S/C23H38N6O2/c1-19(22(30)28-11-4-5-12-28)27-13-15-29(16-14-27)23(24-2)26-18-20-6-8-21(9-7-20)25-10-17-31-3/h6-9,19,25H,4-5,10-18H2,1-3H3,(H,24,26). The minimum absolute atomic E-state index is 0.0359. The molecule has 1 amide bonds. The Bertz CT molecular complexity index is 709. The fourth-order valence-corrected chi connectivity index (χ4v) is 4.23. The molecule has 2 fully saturated rings. The average molecular weight is 431 g/mol. The summed E-state index contributed by atoms with van der Waals surface area (Å²) in [5, 5.41) is 6.81. The predicted octanol–water partition coefficient (Wildman–Crippen LogP) is 1.45. The number of rotatable bonds is 8. The van der Waals surface area contributed by atoms with Crippen molar-refractivity contribution >= 4 is 17.6 Å². The van der Waals surface area contributed by atoms with Gasteiger partial charge in [0.25, 0.3) is 0 Å². The number of benzene rings is 1. The molecule has 0 aliphatic carbocycles. The number of nitrogens with zero attached hydrogens (tertiary/aromatic N) is 4. The van der Waals surface area contributed by atoms with E-state index in [0.717, 1.165) is 76.8 Å². The van der Waals surface area contributed by atoms with Gasteiger partial charge in [-0.15, -0.1) is 0 Å². The largest absolute Gasteiger partial charge is 0.383 e. The van der Waals surface area contributed by atoms with E-state index >= 15 is 0 Å². The molecule has 8 nitrogen and oxygen atoms in total. The van der Waals surface area contributed by atoms with Crippen molar-refractivity contribution < 1.29 is 9.53 Å². The van der Waals surface area contributed by atoms with Gasteiger partial charge < -0.3 is 25.2 Å². The van der Waals surface area contributed by atoms with Crippen molar-refractivity contribution in [2.75, 3.05) is 71.9 Å². The van der Waals surface area contributed by atoms with E-state index < -0.39 is 0 Å². The number of hydrogen-bond acceptors (Lipinski definition) is 5. The molecule has 172 valence electrons. The Morgan fingerprint density at radius 1 is 1.06 bits per heavy atom. The Morgan fingerprint density at radius 3 is 2.35 bits per heavy atom. The second-order valence-corrected chi connectivity index (χ2v) is 8.25. The van der Waals surface area contributed by atoms with E-state index in [9.17, 15) is 4.79 Å². The van der Waals surface area contributed by atoms with Crippen molar-refractivity contribution in [3.05, 3.63) is 29.8 Å². The lowest BCUT2D eigenvalue weighted by Crippen LogP contribution is -2.57. The fourth-order valence-electron chi connectivity index (χ4n) is 4.23. The summed E-state index contributed by atoms with van der Waals surface area (Å²) in [6.07, 6.45) is 2.28. The molecule has 8 heteroatoms. The molecule has 2 saturated heterocycles. The Labute approximate surface area is 186 Å². The van der Waals surface area contributed by atoms with Crippen molar-refractivity contribution in [2.45, 2.75) is 32.4 Å². The van der Waals surface area contributed by atoms with Crippen LogP contribution in [0.5, 0.6) is 0 Å². The normalized spacial score (nSPS) is 18.9. The average Bonchev–Trinajstić information content (AvgIpc) is 3.35. The van der Waals surface area contributed by atoms with Gasteiger partial charge in [0, 0.05) is 72.2 Å². The van der Waals surface area contributed by atoms with Crippen LogP contribution in [-0.2, 0) is 16.1 Å². The highest BCUT2D eigenvalue weighted by atomic mass is 16.5. The van der Waals surface area contributed by atoms with Gasteiger partial charge in [0.15, 0.2) is 5.96 Å². The Kier molecular flexibility index (Phi) is 8.97. The molecule has 0 spiro atoms. The summed E-state index contributed by atoms with van der Waals surface area (Å²) in [6.45, 7) is 9.62. The van der Waals surface area contributed by atoms with E-state index in [4.69, 9.17) is 4.74 Å². The number of methoxy groups -OCH3 is 1. The molecule has 1 aromatic carbocycles. The van der Waals surface area contributed by atoms with E-state index in [-0.39, 0.29) is 11.9 Å². The van der Waals surface area contributed by atoms with Crippen LogP contribution in [0.25, 0.3) is 0 Å². The SMILES string of the molecule is CN=C(NCc1ccc(NCCOC)cc1)N1CCN(C(C)C(=O)N2CCCC2)CC1. The van der Waals surface area contributed by atoms with Crippen LogP contribution in [0.4, 0.5) is 5.69 Å². The Balaban J connectivity index is 1.43. The highest BCUT2D eigenvalue weighted by molar-refractivity contribution is 5.82. The quantitative estimate of drug-likeness (QED) is 0.370. The van der Waals surface area contributed by atoms with E-state index in [0.29, 0.717) is 6.61 Å². The second kappa shape index (κ2) is 11.9. The first-order chi connectivity index (χ1) is 15.1. The monoisotopic (exact) mass is 430 g/mol. The molecule has 2 heterocycles. The maximum atomic E-state index is 12.7. The minimum atomic E-state index is -0.0359. The molecule has 2 aliphatic heterocycles. The van der Waals surface area contributed by atoms with Crippen molar-refractivity contribution in [2.24, 2.45) is 4.99 Å². The van der Waals surface area contributed by atoms with Crippen LogP contribution in [0, 0.1) is 0 Å². The summed E-state index contributed by atoms with van der Waals surface area (Å²) in [6, 6.07) is 8.39. The molecule has 3 rings (SSSR count). The number of carbonyl (C=O) groups is 1. The molecule has 2 N–H and O–H groups in total. The summed E-state index contributed by atoms with van der Waals surface area (Å²) in [5.74, 6) is 1.20. The zero-order chi connectivity index (χ0) is 22.1. The number of amides is 1. The number of carbonyl (C=O) groups excluding carboxylic acids is 1. The number of nitrogens with one attached hydrogen (secondary N) is 2. The lowest BCUT2D eigenvalue weighted by molar-refractivity contribution is -0.135. The third-order valence-electron chi connectivity index (χ3n) is 6.19. The second-order valence-electron chi connectivity index (χ2n) is 8.25. The summed E-state index contributed by atoms with van der Waals surface area (Å²) in [5.41, 5.74) is 2.31. The molecule has 0 aromatic heterocycles. The Morgan fingerprint density at radius 2 is 1.74 bits per heavy atom. The van der Waals surface area contributed by atoms with E-state index in [1.54, 1.807) is 7.11 Å². The number of likely N-dealkylation sites (tertiary alicyclic amines) is 1. The first kappa shape index (κ1) is 23.3. The molecule has 1 unspecified atom stereocenters. The van der Waals surface area contributed by atoms with Crippen molar-refractivity contribution in [3.8, 4) is 0 Å². The number of guanidine groups is 1. The minimum Gasteiger partial charge on any atom is -0.383 e. The molecule has 1 aromatic rings. The summed E-state index contributed by atoms with van der Waals surface area (Å²) in [7, 11) is 3.54. The molecule has 2 aliphatic rings. The molecule has 0 saturated carbocycles. The molecule has 31 heavy (non-hydrogen) atoms. The van der Waals surface area contributed by atoms with E-state index in [1.807, 2.05) is 11.9 Å². The molecule has 0 bridgehead atoms. The van der Waals surface area contributed by atoms with E-state index in [1.165, 1.54) is 5.56 Å². The van der Waals surface area contributed by atoms with Crippen molar-refractivity contribution in [1.82, 2.24) is 20.0 Å². The van der Waals surface area contributed by atoms with Gasteiger partial charge in [-0.2, -0.15) is 0 Å². The maximum absolute atomic E-state index is 12.7. The smallest absolute Gasteiger partial charge is 0.239 e. The fraction of sp³-hybridized carbons (Fsp3) is 0.652. The lowest BCUT2D eigenvalue weighted by atomic mass is 10.2. The number of aliphatic imine (C=N–C) groups is 1. The first-order valence-corrected chi connectivity index (χ1v) is 11.4. The van der Waals surface area contributed by atoms with E-state index in [2.05, 4.69) is 56.6 Å². The van der Waals surface area contributed by atoms with Crippen LogP contribution >= 0.6 is 0 Å². The van der Waals surface area contributed by atoms with Crippen molar-refractivity contribution in [3.63, 3.8) is 0 Å². The predicted molar refractivity (Wildman–Crippen MR) is 125 cm³/mol. The molecular formula is C23H38N6O2. The highest BCUT2D eigenvalue weighted by Gasteiger charge is 2.30. The number of piperazine rings is 1. The van der Waals surface area contributed by atoms with Crippen molar-refractivity contribution in [1.29, 1.82) is 0 Å². The first-order valence-electron chi connectivity index (χ1n) is 11.4. The van der Waals surface area contributed by atoms with Gasteiger partial charge >= 0.3 is 0 Å². The van der Waals surface area contributed by atoms with Gasteiger partial charge in [0.05, 0.1) is 12.6 Å². The zero-order valence-corrected chi connectivity index (χ0v) is 19.3. The van der Waals surface area contributed by atoms with Gasteiger partial charge in [-0.25, -0.2) is 0 Å². The van der Waals surface area contributed by atoms with Crippen LogP contribution in [0.15, 0.2) is 29.3 Å². The van der Waals surface area contributed by atoms with Gasteiger partial charge in [-0.1, -0.05) is 12.1 Å². The summed E-state index contributed by atoms with van der Waals surface area (Å²) in [4.78, 5) is 23.8. The summed E-state index contributed by atoms with van der Waals surface area (Å²) < 4.78 is 5.06. The van der Waals surface area contributed by atoms with Gasteiger partial charge in [-0.05, 0) is 37.5 Å². The van der Waals surface area contributed by atoms with Crippen LogP contribution in [0.3, 0.4) is 0 Å². The van der Waals surface area contributed by atoms with Crippen LogP contribution < -0.4 is 10.6 Å². The van der Waals surface area contributed by atoms with Crippen LogP contribution in [0.2, 0.25) is 0 Å². The topological polar surface area (TPSA) is 72.4 Å². The molecule has 0 radical (unpaired) electrons. The van der Waals surface area contributed by atoms with Gasteiger partial charge in [0.1, 0.15) is 0 Å². The molecular weight excluding hydrogens is 392 g/mol. The zero-order valence-electron chi connectivity index (χ0n) is 19.3. The molecule has 1 atom stereocenters. The summed E-state index contributed by atoms with van der Waals surface area (Å²) >= 11 is 0. The van der Waals surface area contributed by atoms with Crippen LogP contribution in [-0.4, -0.2) is 99.2 Å². The third-order valence-corrected chi connectivity index (χ3v) is 6.19. The van der Waals surface area contributed by atoms with Gasteiger partial charge in [-0.3, -0.25) is 14.7 Å². The van der Waals surface area contributed by atoms with Gasteiger partial charge in [0.2, 0.25) is 5.91 Å². The number of anilines is 1. The Hall–Kier alpha value is -2.32. The highest BCUT2D eigenvalue weighted by Crippen LogP contribution is 2.14.